The Labute approximate surface area is 125 Å². The molecule has 0 aliphatic heterocycles. The molecule has 1 aromatic rings. The van der Waals surface area contributed by atoms with Crippen LogP contribution in [0.25, 0.3) is 0 Å². The Balaban J connectivity index is 2.32. The Morgan fingerprint density at radius 1 is 1.45 bits per heavy atom. The minimum atomic E-state index is -3.48. The van der Waals surface area contributed by atoms with Crippen molar-refractivity contribution in [3.63, 3.8) is 0 Å². The summed E-state index contributed by atoms with van der Waals surface area (Å²) >= 11 is 1.32. The molecule has 0 aromatic carbocycles. The summed E-state index contributed by atoms with van der Waals surface area (Å²) in [6.45, 7) is 6.37. The quantitative estimate of drug-likeness (QED) is 0.841. The highest BCUT2D eigenvalue weighted by atomic mass is 32.2. The van der Waals surface area contributed by atoms with Crippen LogP contribution in [0.1, 0.15) is 43.6 Å². The molecule has 114 valence electrons. The van der Waals surface area contributed by atoms with Crippen LogP contribution in [0, 0.1) is 12.8 Å². The highest BCUT2D eigenvalue weighted by Gasteiger charge is 2.39. The number of aliphatic hydroxyl groups excluding tert-OH is 1. The van der Waals surface area contributed by atoms with Crippen LogP contribution in [-0.2, 0) is 16.6 Å². The third kappa shape index (κ3) is 3.24. The molecule has 1 fully saturated rings. The summed E-state index contributed by atoms with van der Waals surface area (Å²) < 4.78 is 27.5. The van der Waals surface area contributed by atoms with E-state index in [2.05, 4.69) is 13.8 Å². The highest BCUT2D eigenvalue weighted by molar-refractivity contribution is 7.89. The van der Waals surface area contributed by atoms with Gasteiger partial charge in [-0.3, -0.25) is 0 Å². The number of rotatable bonds is 7. The zero-order valence-corrected chi connectivity index (χ0v) is 13.9. The predicted octanol–water partition coefficient (Wildman–Crippen LogP) is 2.75. The fourth-order valence-corrected chi connectivity index (χ4v) is 5.62. The summed E-state index contributed by atoms with van der Waals surface area (Å²) in [5.74, 6) is 0.479. The summed E-state index contributed by atoms with van der Waals surface area (Å²) in [6, 6.07) is 0.157. The van der Waals surface area contributed by atoms with Gasteiger partial charge in [0.2, 0.25) is 10.0 Å². The van der Waals surface area contributed by atoms with Crippen molar-refractivity contribution in [2.24, 2.45) is 5.92 Å². The minimum absolute atomic E-state index is 0.157. The molecular formula is C14H23NO3S2. The van der Waals surface area contributed by atoms with Gasteiger partial charge in [0.1, 0.15) is 4.90 Å². The Hall–Kier alpha value is -0.430. The molecule has 4 nitrogen and oxygen atoms in total. The van der Waals surface area contributed by atoms with Crippen molar-refractivity contribution in [2.75, 3.05) is 6.54 Å². The van der Waals surface area contributed by atoms with Crippen molar-refractivity contribution in [2.45, 2.75) is 57.6 Å². The summed E-state index contributed by atoms with van der Waals surface area (Å²) in [7, 11) is -3.48. The topological polar surface area (TPSA) is 57.6 Å². The molecule has 6 heteroatoms. The van der Waals surface area contributed by atoms with Crippen LogP contribution in [0.2, 0.25) is 0 Å². The smallest absolute Gasteiger partial charge is 0.244 e. The van der Waals surface area contributed by atoms with E-state index in [0.29, 0.717) is 22.2 Å². The fraction of sp³-hybridized carbons (Fsp3) is 0.714. The number of hydrogen-bond acceptors (Lipinski definition) is 4. The van der Waals surface area contributed by atoms with Gasteiger partial charge < -0.3 is 5.11 Å². The van der Waals surface area contributed by atoms with Gasteiger partial charge in [-0.05, 0) is 43.0 Å². The Kier molecular flexibility index (Phi) is 4.89. The second-order valence-corrected chi connectivity index (χ2v) is 8.65. The summed E-state index contributed by atoms with van der Waals surface area (Å²) in [6.07, 6.45) is 2.78. The molecule has 1 N–H and O–H groups in total. The van der Waals surface area contributed by atoms with E-state index >= 15 is 0 Å². The number of sulfonamides is 1. The van der Waals surface area contributed by atoms with Gasteiger partial charge in [-0.25, -0.2) is 8.42 Å². The molecule has 1 aromatic heterocycles. The van der Waals surface area contributed by atoms with E-state index in [0.717, 1.165) is 24.8 Å². The molecule has 1 aliphatic rings. The second-order valence-electron chi connectivity index (χ2n) is 5.86. The predicted molar refractivity (Wildman–Crippen MR) is 81.3 cm³/mol. The number of aliphatic hydroxyl groups is 1. The zero-order chi connectivity index (χ0) is 14.9. The van der Waals surface area contributed by atoms with Crippen LogP contribution in [0.5, 0.6) is 0 Å². The van der Waals surface area contributed by atoms with E-state index in [1.165, 1.54) is 11.3 Å². The SMILES string of the molecule is Cc1csc(CO)c1S(=O)(=O)N(CCC(C)C)C1CC1. The van der Waals surface area contributed by atoms with Crippen molar-refractivity contribution in [3.8, 4) is 0 Å². The average Bonchev–Trinajstić information content (AvgIpc) is 3.10. The van der Waals surface area contributed by atoms with E-state index < -0.39 is 10.0 Å². The third-order valence-corrected chi connectivity index (χ3v) is 6.98. The first kappa shape index (κ1) is 15.9. The standard InChI is InChI=1S/C14H23NO3S2/c1-10(2)6-7-15(12-4-5-12)20(17,18)14-11(3)9-19-13(14)8-16/h9-10,12,16H,4-8H2,1-3H3. The lowest BCUT2D eigenvalue weighted by atomic mass is 10.1. The molecule has 1 aliphatic carbocycles. The highest BCUT2D eigenvalue weighted by Crippen LogP contribution is 2.36. The van der Waals surface area contributed by atoms with Gasteiger partial charge >= 0.3 is 0 Å². The Morgan fingerprint density at radius 3 is 2.60 bits per heavy atom. The van der Waals surface area contributed by atoms with E-state index in [-0.39, 0.29) is 12.6 Å². The van der Waals surface area contributed by atoms with E-state index in [1.807, 2.05) is 5.38 Å². The number of hydrogen-bond donors (Lipinski definition) is 1. The van der Waals surface area contributed by atoms with Gasteiger partial charge in [-0.15, -0.1) is 11.3 Å². The van der Waals surface area contributed by atoms with Crippen LogP contribution in [-0.4, -0.2) is 30.4 Å². The minimum Gasteiger partial charge on any atom is -0.391 e. The number of thiophene rings is 1. The molecule has 0 atom stereocenters. The Bertz CT molecular complexity index is 559. The second kappa shape index (κ2) is 6.13. The van der Waals surface area contributed by atoms with Crippen LogP contribution >= 0.6 is 11.3 Å². The molecule has 0 unspecified atom stereocenters. The van der Waals surface area contributed by atoms with Gasteiger partial charge in [-0.1, -0.05) is 13.8 Å². The van der Waals surface area contributed by atoms with Gasteiger partial charge in [0.25, 0.3) is 0 Å². The summed E-state index contributed by atoms with van der Waals surface area (Å²) in [5.41, 5.74) is 0.745. The molecule has 0 radical (unpaired) electrons. The third-order valence-electron chi connectivity index (χ3n) is 3.58. The first-order valence-electron chi connectivity index (χ1n) is 7.07. The van der Waals surface area contributed by atoms with Crippen molar-refractivity contribution < 1.29 is 13.5 Å². The van der Waals surface area contributed by atoms with E-state index in [1.54, 1.807) is 11.2 Å². The van der Waals surface area contributed by atoms with Crippen molar-refractivity contribution in [1.29, 1.82) is 0 Å². The monoisotopic (exact) mass is 317 g/mol. The van der Waals surface area contributed by atoms with Gasteiger partial charge in [0, 0.05) is 12.6 Å². The average molecular weight is 317 g/mol. The Morgan fingerprint density at radius 2 is 2.10 bits per heavy atom. The fourth-order valence-electron chi connectivity index (χ4n) is 2.31. The lowest BCUT2D eigenvalue weighted by Gasteiger charge is -2.23. The molecule has 1 saturated carbocycles. The number of aryl methyl sites for hydroxylation is 1. The van der Waals surface area contributed by atoms with Gasteiger partial charge in [0.05, 0.1) is 11.5 Å². The molecular weight excluding hydrogens is 294 g/mol. The zero-order valence-electron chi connectivity index (χ0n) is 12.3. The maximum atomic E-state index is 12.9. The number of nitrogens with zero attached hydrogens (tertiary/aromatic N) is 1. The summed E-state index contributed by atoms with van der Waals surface area (Å²) in [4.78, 5) is 0.887. The van der Waals surface area contributed by atoms with Crippen LogP contribution in [0.4, 0.5) is 0 Å². The molecule has 0 bridgehead atoms. The lowest BCUT2D eigenvalue weighted by Crippen LogP contribution is -2.35. The molecule has 0 amide bonds. The maximum absolute atomic E-state index is 12.9. The van der Waals surface area contributed by atoms with E-state index in [4.69, 9.17) is 0 Å². The lowest BCUT2D eigenvalue weighted by molar-refractivity contribution is 0.281. The molecule has 0 saturated heterocycles. The summed E-state index contributed by atoms with van der Waals surface area (Å²) in [5, 5.41) is 11.2. The normalized spacial score (nSPS) is 16.3. The largest absolute Gasteiger partial charge is 0.391 e. The molecule has 1 heterocycles. The van der Waals surface area contributed by atoms with Crippen molar-refractivity contribution in [3.05, 3.63) is 15.8 Å². The first-order chi connectivity index (χ1) is 9.37. The van der Waals surface area contributed by atoms with Gasteiger partial charge in [-0.2, -0.15) is 4.31 Å². The molecule has 2 rings (SSSR count). The van der Waals surface area contributed by atoms with E-state index in [9.17, 15) is 13.5 Å². The first-order valence-corrected chi connectivity index (χ1v) is 9.39. The van der Waals surface area contributed by atoms with Gasteiger partial charge in [0.15, 0.2) is 0 Å². The maximum Gasteiger partial charge on any atom is 0.244 e. The molecule has 0 spiro atoms. The van der Waals surface area contributed by atoms with Crippen molar-refractivity contribution in [1.82, 2.24) is 4.31 Å². The molecule has 20 heavy (non-hydrogen) atoms. The van der Waals surface area contributed by atoms with Crippen LogP contribution < -0.4 is 0 Å². The van der Waals surface area contributed by atoms with Crippen LogP contribution in [0.3, 0.4) is 0 Å². The van der Waals surface area contributed by atoms with Crippen molar-refractivity contribution >= 4 is 21.4 Å². The van der Waals surface area contributed by atoms with Crippen LogP contribution in [0.15, 0.2) is 10.3 Å².